The Kier molecular flexibility index (Phi) is 3.95. The quantitative estimate of drug-likeness (QED) is 0.851. The zero-order valence-electron chi connectivity index (χ0n) is 8.63. The van der Waals surface area contributed by atoms with Gasteiger partial charge in [-0.1, -0.05) is 0 Å². The van der Waals surface area contributed by atoms with Gasteiger partial charge < -0.3 is 5.32 Å². The van der Waals surface area contributed by atoms with Gasteiger partial charge in [-0.15, -0.1) is 0 Å². The fourth-order valence-corrected chi connectivity index (χ4v) is 1.03. The Bertz CT molecular complexity index is 440. The van der Waals surface area contributed by atoms with E-state index in [1.54, 1.807) is 6.92 Å². The first kappa shape index (κ1) is 12.1. The molecule has 0 bridgehead atoms. The molecule has 0 aliphatic rings. The molecule has 1 rings (SSSR count). The lowest BCUT2D eigenvalue weighted by Crippen LogP contribution is -2.27. The number of carbonyl (C=O) groups excluding carboxylic acids is 1. The average molecular weight is 224 g/mol. The Balaban J connectivity index is 2.67. The minimum absolute atomic E-state index is 0.0315. The van der Waals surface area contributed by atoms with Crippen LogP contribution < -0.4 is 5.32 Å². The molecule has 0 aliphatic carbocycles. The summed E-state index contributed by atoms with van der Waals surface area (Å²) in [5.41, 5.74) is 0.0315. The summed E-state index contributed by atoms with van der Waals surface area (Å²) in [6.07, 6.45) is 0. The third-order valence-electron chi connectivity index (χ3n) is 1.97. The predicted octanol–water partition coefficient (Wildman–Crippen LogP) is 1.85. The zero-order valence-corrected chi connectivity index (χ0v) is 8.63. The number of benzene rings is 1. The molecule has 0 saturated carbocycles. The number of carbonyl (C=O) groups is 1. The smallest absolute Gasteiger partial charge is 0.251 e. The lowest BCUT2D eigenvalue weighted by Gasteiger charge is -2.06. The molecule has 0 heterocycles. The van der Waals surface area contributed by atoms with Crippen molar-refractivity contribution >= 4 is 5.91 Å². The summed E-state index contributed by atoms with van der Waals surface area (Å²) >= 11 is 0. The maximum atomic E-state index is 12.8. The van der Waals surface area contributed by atoms with Gasteiger partial charge in [0.1, 0.15) is 0 Å². The molecular weight excluding hydrogens is 214 g/mol. The summed E-state index contributed by atoms with van der Waals surface area (Å²) < 4.78 is 25.4. The SMILES string of the molecule is CC(C#N)CNC(=O)c1ccc(F)c(F)c1. The number of nitriles is 1. The van der Waals surface area contributed by atoms with Gasteiger partial charge in [0.05, 0.1) is 12.0 Å². The number of rotatable bonds is 3. The highest BCUT2D eigenvalue weighted by molar-refractivity contribution is 5.94. The van der Waals surface area contributed by atoms with E-state index in [-0.39, 0.29) is 18.0 Å². The number of hydrogen-bond donors (Lipinski definition) is 1. The van der Waals surface area contributed by atoms with E-state index in [9.17, 15) is 13.6 Å². The minimum atomic E-state index is -1.07. The molecule has 1 amide bonds. The third kappa shape index (κ3) is 3.02. The van der Waals surface area contributed by atoms with E-state index in [2.05, 4.69) is 5.32 Å². The standard InChI is InChI=1S/C11H10F2N2O/c1-7(5-14)6-15-11(16)8-2-3-9(12)10(13)4-8/h2-4,7H,6H2,1H3,(H,15,16). The van der Waals surface area contributed by atoms with Crippen LogP contribution in [0.3, 0.4) is 0 Å². The second-order valence-electron chi connectivity index (χ2n) is 3.37. The molecule has 3 nitrogen and oxygen atoms in total. The van der Waals surface area contributed by atoms with Crippen LogP contribution in [0.5, 0.6) is 0 Å². The Morgan fingerprint density at radius 2 is 2.19 bits per heavy atom. The van der Waals surface area contributed by atoms with Gasteiger partial charge in [-0.3, -0.25) is 4.79 Å². The van der Waals surface area contributed by atoms with Crippen LogP contribution in [0.4, 0.5) is 8.78 Å². The molecular formula is C11H10F2N2O. The molecule has 1 aromatic carbocycles. The zero-order chi connectivity index (χ0) is 12.1. The predicted molar refractivity (Wildman–Crippen MR) is 53.5 cm³/mol. The summed E-state index contributed by atoms with van der Waals surface area (Å²) in [6, 6.07) is 4.84. The largest absolute Gasteiger partial charge is 0.351 e. The number of amides is 1. The molecule has 1 N–H and O–H groups in total. The molecule has 0 spiro atoms. The monoisotopic (exact) mass is 224 g/mol. The highest BCUT2D eigenvalue weighted by Gasteiger charge is 2.10. The first-order valence-corrected chi connectivity index (χ1v) is 4.67. The fraction of sp³-hybridized carbons (Fsp3) is 0.273. The fourth-order valence-electron chi connectivity index (χ4n) is 1.03. The highest BCUT2D eigenvalue weighted by Crippen LogP contribution is 2.08. The molecule has 16 heavy (non-hydrogen) atoms. The van der Waals surface area contributed by atoms with E-state index in [0.717, 1.165) is 12.1 Å². The van der Waals surface area contributed by atoms with Gasteiger partial charge in [0.2, 0.25) is 0 Å². The van der Waals surface area contributed by atoms with Gasteiger partial charge in [-0.2, -0.15) is 5.26 Å². The molecule has 1 unspecified atom stereocenters. The Morgan fingerprint density at radius 3 is 2.75 bits per heavy atom. The van der Waals surface area contributed by atoms with Crippen molar-refractivity contribution in [1.29, 1.82) is 5.26 Å². The van der Waals surface area contributed by atoms with Crippen LogP contribution in [0.1, 0.15) is 17.3 Å². The summed E-state index contributed by atoms with van der Waals surface area (Å²) in [5.74, 6) is -2.92. The first-order valence-electron chi connectivity index (χ1n) is 4.67. The van der Waals surface area contributed by atoms with Gasteiger partial charge in [-0.25, -0.2) is 8.78 Å². The van der Waals surface area contributed by atoms with Crippen LogP contribution in [0, 0.1) is 28.9 Å². The number of nitrogens with zero attached hydrogens (tertiary/aromatic N) is 1. The van der Waals surface area contributed by atoms with Crippen molar-refractivity contribution in [2.45, 2.75) is 6.92 Å². The van der Waals surface area contributed by atoms with Gasteiger partial charge in [0.15, 0.2) is 11.6 Å². The number of halogens is 2. The van der Waals surface area contributed by atoms with Gasteiger partial charge >= 0.3 is 0 Å². The molecule has 1 aromatic rings. The number of hydrogen-bond acceptors (Lipinski definition) is 2. The van der Waals surface area contributed by atoms with Crippen molar-refractivity contribution in [3.63, 3.8) is 0 Å². The van der Waals surface area contributed by atoms with E-state index in [1.165, 1.54) is 6.07 Å². The van der Waals surface area contributed by atoms with Gasteiger partial charge in [-0.05, 0) is 25.1 Å². The van der Waals surface area contributed by atoms with Crippen molar-refractivity contribution in [1.82, 2.24) is 5.32 Å². The molecule has 0 saturated heterocycles. The van der Waals surface area contributed by atoms with Crippen molar-refractivity contribution in [3.8, 4) is 6.07 Å². The Hall–Kier alpha value is -1.96. The molecule has 5 heteroatoms. The van der Waals surface area contributed by atoms with Crippen molar-refractivity contribution < 1.29 is 13.6 Å². The van der Waals surface area contributed by atoms with Crippen LogP contribution >= 0.6 is 0 Å². The van der Waals surface area contributed by atoms with Crippen LogP contribution in [0.25, 0.3) is 0 Å². The molecule has 0 fully saturated rings. The third-order valence-corrected chi connectivity index (χ3v) is 1.97. The lowest BCUT2D eigenvalue weighted by atomic mass is 10.1. The van der Waals surface area contributed by atoms with E-state index in [0.29, 0.717) is 0 Å². The molecule has 0 aromatic heterocycles. The van der Waals surface area contributed by atoms with Crippen LogP contribution in [-0.2, 0) is 0 Å². The normalized spacial score (nSPS) is 11.6. The van der Waals surface area contributed by atoms with Gasteiger partial charge in [0, 0.05) is 12.1 Å². The van der Waals surface area contributed by atoms with Crippen LogP contribution in [-0.4, -0.2) is 12.5 Å². The average Bonchev–Trinajstić information content (AvgIpc) is 2.29. The van der Waals surface area contributed by atoms with Crippen molar-refractivity contribution in [2.24, 2.45) is 5.92 Å². The Morgan fingerprint density at radius 1 is 1.50 bits per heavy atom. The van der Waals surface area contributed by atoms with Gasteiger partial charge in [0.25, 0.3) is 5.91 Å². The summed E-state index contributed by atoms with van der Waals surface area (Å²) in [6.45, 7) is 1.82. The molecule has 84 valence electrons. The first-order chi connectivity index (χ1) is 7.54. The van der Waals surface area contributed by atoms with Crippen molar-refractivity contribution in [3.05, 3.63) is 35.4 Å². The maximum absolute atomic E-state index is 12.8. The van der Waals surface area contributed by atoms with Crippen molar-refractivity contribution in [2.75, 3.05) is 6.54 Å². The summed E-state index contributed by atoms with van der Waals surface area (Å²) in [5, 5.41) is 10.9. The van der Waals surface area contributed by atoms with E-state index >= 15 is 0 Å². The highest BCUT2D eigenvalue weighted by atomic mass is 19.2. The lowest BCUT2D eigenvalue weighted by molar-refractivity contribution is 0.0950. The molecule has 0 radical (unpaired) electrons. The maximum Gasteiger partial charge on any atom is 0.251 e. The number of nitrogens with one attached hydrogen (secondary N) is 1. The molecule has 1 atom stereocenters. The summed E-state index contributed by atoms with van der Waals surface area (Å²) in [7, 11) is 0. The van der Waals surface area contributed by atoms with E-state index in [1.807, 2.05) is 6.07 Å². The van der Waals surface area contributed by atoms with E-state index in [4.69, 9.17) is 5.26 Å². The topological polar surface area (TPSA) is 52.9 Å². The summed E-state index contributed by atoms with van der Waals surface area (Å²) in [4.78, 5) is 11.4. The van der Waals surface area contributed by atoms with Crippen LogP contribution in [0.2, 0.25) is 0 Å². The minimum Gasteiger partial charge on any atom is -0.351 e. The second-order valence-corrected chi connectivity index (χ2v) is 3.37. The van der Waals surface area contributed by atoms with Crippen LogP contribution in [0.15, 0.2) is 18.2 Å². The molecule has 0 aliphatic heterocycles. The van der Waals surface area contributed by atoms with E-state index < -0.39 is 17.5 Å². The second kappa shape index (κ2) is 5.21. The Labute approximate surface area is 91.7 Å².